The highest BCUT2D eigenvalue weighted by Crippen LogP contribution is 2.23. The van der Waals surface area contributed by atoms with Crippen LogP contribution in [0.25, 0.3) is 0 Å². The van der Waals surface area contributed by atoms with Crippen LogP contribution in [-0.2, 0) is 6.54 Å². The molecule has 0 aliphatic carbocycles. The molecule has 0 atom stereocenters. The van der Waals surface area contributed by atoms with E-state index in [4.69, 9.17) is 4.74 Å². The Labute approximate surface area is 161 Å². The molecule has 0 spiro atoms. The van der Waals surface area contributed by atoms with E-state index in [1.54, 1.807) is 0 Å². The summed E-state index contributed by atoms with van der Waals surface area (Å²) >= 11 is 0. The van der Waals surface area contributed by atoms with Crippen molar-refractivity contribution in [2.75, 3.05) is 32.8 Å². The second-order valence-corrected chi connectivity index (χ2v) is 9.58. The van der Waals surface area contributed by atoms with Crippen molar-refractivity contribution in [1.82, 2.24) is 10.2 Å². The Bertz CT molecular complexity index is 496. The van der Waals surface area contributed by atoms with E-state index < -0.39 is 0 Å². The van der Waals surface area contributed by atoms with Gasteiger partial charge < -0.3 is 15.0 Å². The maximum atomic E-state index is 5.84. The van der Waals surface area contributed by atoms with Crippen LogP contribution in [0.1, 0.15) is 59.4 Å². The van der Waals surface area contributed by atoms with E-state index in [1.807, 2.05) is 0 Å². The van der Waals surface area contributed by atoms with E-state index >= 15 is 0 Å². The molecule has 26 heavy (non-hydrogen) atoms. The second kappa shape index (κ2) is 10.3. The van der Waals surface area contributed by atoms with Gasteiger partial charge in [0, 0.05) is 19.6 Å². The Morgan fingerprint density at radius 1 is 1.12 bits per heavy atom. The number of ether oxygens (including phenoxy) is 1. The Morgan fingerprint density at radius 2 is 1.77 bits per heavy atom. The maximum absolute atomic E-state index is 5.84. The van der Waals surface area contributed by atoms with E-state index in [0.717, 1.165) is 37.3 Å². The largest absolute Gasteiger partial charge is 0.493 e. The van der Waals surface area contributed by atoms with E-state index in [-0.39, 0.29) is 5.41 Å². The molecule has 1 aliphatic rings. The first-order valence-electron chi connectivity index (χ1n) is 10.5. The fourth-order valence-corrected chi connectivity index (χ4v) is 3.59. The van der Waals surface area contributed by atoms with Gasteiger partial charge in [0.25, 0.3) is 0 Å². The molecule has 0 bridgehead atoms. The zero-order chi connectivity index (χ0) is 19.0. The highest BCUT2D eigenvalue weighted by molar-refractivity contribution is 5.27. The van der Waals surface area contributed by atoms with Crippen molar-refractivity contribution in [3.8, 4) is 5.75 Å². The predicted octanol–water partition coefficient (Wildman–Crippen LogP) is 4.96. The number of likely N-dealkylation sites (tertiary alicyclic amines) is 1. The fourth-order valence-electron chi connectivity index (χ4n) is 3.59. The first kappa shape index (κ1) is 21.2. The second-order valence-electron chi connectivity index (χ2n) is 9.58. The summed E-state index contributed by atoms with van der Waals surface area (Å²) < 4.78 is 5.84. The molecule has 0 saturated carbocycles. The smallest absolute Gasteiger partial charge is 0.119 e. The third-order valence-electron chi connectivity index (χ3n) is 5.04. The van der Waals surface area contributed by atoms with Gasteiger partial charge in [-0.2, -0.15) is 0 Å². The van der Waals surface area contributed by atoms with Gasteiger partial charge in [-0.05, 0) is 67.3 Å². The van der Waals surface area contributed by atoms with Crippen LogP contribution < -0.4 is 10.1 Å². The van der Waals surface area contributed by atoms with E-state index in [1.165, 1.54) is 44.5 Å². The zero-order valence-electron chi connectivity index (χ0n) is 17.7. The number of nitrogens with one attached hydrogen (secondary N) is 1. The highest BCUT2D eigenvalue weighted by atomic mass is 16.5. The average molecular weight is 361 g/mol. The molecule has 1 aromatic carbocycles. The third-order valence-corrected chi connectivity index (χ3v) is 5.04. The first-order valence-corrected chi connectivity index (χ1v) is 10.5. The lowest BCUT2D eigenvalue weighted by Crippen LogP contribution is -2.38. The molecule has 1 fully saturated rings. The van der Waals surface area contributed by atoms with Crippen LogP contribution in [0.15, 0.2) is 24.3 Å². The minimum Gasteiger partial charge on any atom is -0.493 e. The lowest BCUT2D eigenvalue weighted by atomic mass is 9.89. The monoisotopic (exact) mass is 360 g/mol. The third kappa shape index (κ3) is 8.55. The molecule has 0 unspecified atom stereocenters. The number of hydrogen-bond donors (Lipinski definition) is 1. The van der Waals surface area contributed by atoms with Crippen molar-refractivity contribution in [2.45, 2.75) is 60.4 Å². The topological polar surface area (TPSA) is 24.5 Å². The Morgan fingerprint density at radius 3 is 2.35 bits per heavy atom. The predicted molar refractivity (Wildman–Crippen MR) is 112 cm³/mol. The SMILES string of the molecule is CC(C)CC1CCN(CCNCc2ccc(OCC(C)(C)C)cc2)CC1. The van der Waals surface area contributed by atoms with E-state index in [9.17, 15) is 0 Å². The summed E-state index contributed by atoms with van der Waals surface area (Å²) in [7, 11) is 0. The Kier molecular flexibility index (Phi) is 8.43. The average Bonchev–Trinajstić information content (AvgIpc) is 2.58. The van der Waals surface area contributed by atoms with Gasteiger partial charge in [-0.3, -0.25) is 0 Å². The summed E-state index contributed by atoms with van der Waals surface area (Å²) in [5, 5.41) is 3.59. The summed E-state index contributed by atoms with van der Waals surface area (Å²) in [6.45, 7) is 17.7. The number of nitrogens with zero attached hydrogens (tertiary/aromatic N) is 1. The number of benzene rings is 1. The maximum Gasteiger partial charge on any atom is 0.119 e. The van der Waals surface area contributed by atoms with Crippen LogP contribution in [0.4, 0.5) is 0 Å². The molecule has 1 aliphatic heterocycles. The van der Waals surface area contributed by atoms with Gasteiger partial charge in [0.15, 0.2) is 0 Å². The molecular formula is C23H40N2O. The summed E-state index contributed by atoms with van der Waals surface area (Å²) in [5.74, 6) is 2.77. The van der Waals surface area contributed by atoms with Gasteiger partial charge in [-0.1, -0.05) is 46.8 Å². The minimum atomic E-state index is 0.198. The standard InChI is InChI=1S/C23H40N2O/c1-19(2)16-20-10-13-25(14-11-20)15-12-24-17-21-6-8-22(9-7-21)26-18-23(3,4)5/h6-9,19-20,24H,10-18H2,1-5H3. The van der Waals surface area contributed by atoms with Crippen LogP contribution in [-0.4, -0.2) is 37.7 Å². The van der Waals surface area contributed by atoms with Gasteiger partial charge >= 0.3 is 0 Å². The zero-order valence-corrected chi connectivity index (χ0v) is 17.7. The fraction of sp³-hybridized carbons (Fsp3) is 0.739. The molecule has 0 radical (unpaired) electrons. The molecule has 0 aromatic heterocycles. The molecule has 3 heteroatoms. The van der Waals surface area contributed by atoms with Crippen molar-refractivity contribution in [2.24, 2.45) is 17.3 Å². The number of piperidine rings is 1. The summed E-state index contributed by atoms with van der Waals surface area (Å²) in [4.78, 5) is 2.62. The van der Waals surface area contributed by atoms with Crippen LogP contribution in [0.2, 0.25) is 0 Å². The molecule has 1 heterocycles. The minimum absolute atomic E-state index is 0.198. The molecule has 2 rings (SSSR count). The van der Waals surface area contributed by atoms with Crippen LogP contribution in [0.3, 0.4) is 0 Å². The van der Waals surface area contributed by atoms with Gasteiger partial charge in [-0.25, -0.2) is 0 Å². The van der Waals surface area contributed by atoms with Crippen molar-refractivity contribution >= 4 is 0 Å². The first-order chi connectivity index (χ1) is 12.3. The van der Waals surface area contributed by atoms with Gasteiger partial charge in [0.05, 0.1) is 6.61 Å². The molecule has 1 aromatic rings. The van der Waals surface area contributed by atoms with Gasteiger partial charge in [0.2, 0.25) is 0 Å². The van der Waals surface area contributed by atoms with E-state index in [0.29, 0.717) is 0 Å². The summed E-state index contributed by atoms with van der Waals surface area (Å²) in [5.41, 5.74) is 1.52. The summed E-state index contributed by atoms with van der Waals surface area (Å²) in [6, 6.07) is 8.51. The molecular weight excluding hydrogens is 320 g/mol. The molecule has 1 N–H and O–H groups in total. The van der Waals surface area contributed by atoms with Crippen LogP contribution >= 0.6 is 0 Å². The van der Waals surface area contributed by atoms with Crippen LogP contribution in [0.5, 0.6) is 5.75 Å². The molecule has 0 amide bonds. The lowest BCUT2D eigenvalue weighted by Gasteiger charge is -2.32. The van der Waals surface area contributed by atoms with Crippen molar-refractivity contribution in [3.63, 3.8) is 0 Å². The van der Waals surface area contributed by atoms with Crippen LogP contribution in [0, 0.1) is 17.3 Å². The Balaban J connectivity index is 1.59. The van der Waals surface area contributed by atoms with E-state index in [2.05, 4.69) is 69.1 Å². The number of hydrogen-bond acceptors (Lipinski definition) is 3. The van der Waals surface area contributed by atoms with Gasteiger partial charge in [-0.15, -0.1) is 0 Å². The Hall–Kier alpha value is -1.06. The van der Waals surface area contributed by atoms with Crippen molar-refractivity contribution in [3.05, 3.63) is 29.8 Å². The van der Waals surface area contributed by atoms with Crippen molar-refractivity contribution in [1.29, 1.82) is 0 Å². The van der Waals surface area contributed by atoms with Gasteiger partial charge in [0.1, 0.15) is 5.75 Å². The number of rotatable bonds is 9. The quantitative estimate of drug-likeness (QED) is 0.630. The molecule has 3 nitrogen and oxygen atoms in total. The van der Waals surface area contributed by atoms with Crippen molar-refractivity contribution < 1.29 is 4.74 Å². The summed E-state index contributed by atoms with van der Waals surface area (Å²) in [6.07, 6.45) is 4.17. The highest BCUT2D eigenvalue weighted by Gasteiger charge is 2.19. The lowest BCUT2D eigenvalue weighted by molar-refractivity contribution is 0.171. The molecule has 148 valence electrons. The molecule has 1 saturated heterocycles. The normalized spacial score (nSPS) is 17.0.